The smallest absolute Gasteiger partial charge is 0.332 e. The first kappa shape index (κ1) is 18.1. The van der Waals surface area contributed by atoms with E-state index < -0.39 is 11.2 Å². The first-order valence-corrected chi connectivity index (χ1v) is 8.68. The van der Waals surface area contributed by atoms with Crippen LogP contribution in [0.2, 0.25) is 0 Å². The molecule has 1 amide bonds. The van der Waals surface area contributed by atoms with Gasteiger partial charge in [-0.05, 0) is 17.7 Å². The van der Waals surface area contributed by atoms with Gasteiger partial charge in [-0.1, -0.05) is 28.1 Å². The first-order chi connectivity index (χ1) is 12.3. The Labute approximate surface area is 157 Å². The SMILES string of the molecule is CN(Cc1ccc(Br)cc1)C(=O)Cn1cnc2c1c(=O)n(C)c(=O)n2C. The number of fused-ring (bicyclic) bond motifs is 1. The zero-order chi connectivity index (χ0) is 19.0. The maximum atomic E-state index is 12.6. The molecule has 3 aromatic rings. The van der Waals surface area contributed by atoms with Crippen LogP contribution in [-0.2, 0) is 32.0 Å². The monoisotopic (exact) mass is 419 g/mol. The number of nitrogens with zero attached hydrogens (tertiary/aromatic N) is 5. The normalized spacial score (nSPS) is 11.1. The van der Waals surface area contributed by atoms with Crippen molar-refractivity contribution >= 4 is 33.0 Å². The summed E-state index contributed by atoms with van der Waals surface area (Å²) in [7, 11) is 4.66. The highest BCUT2D eigenvalue weighted by molar-refractivity contribution is 9.10. The fraction of sp³-hybridized carbons (Fsp3) is 0.294. The Morgan fingerprint density at radius 1 is 1.15 bits per heavy atom. The van der Waals surface area contributed by atoms with Gasteiger partial charge in [0.25, 0.3) is 5.56 Å². The molecule has 0 radical (unpaired) electrons. The summed E-state index contributed by atoms with van der Waals surface area (Å²) >= 11 is 3.38. The standard InChI is InChI=1S/C17H18BrN5O3/c1-20(8-11-4-6-12(18)7-5-11)13(24)9-23-10-19-15-14(23)16(25)22(3)17(26)21(15)2/h4-7,10H,8-9H2,1-3H3. The van der Waals surface area contributed by atoms with E-state index in [1.165, 1.54) is 22.5 Å². The lowest BCUT2D eigenvalue weighted by atomic mass is 10.2. The predicted molar refractivity (Wildman–Crippen MR) is 101 cm³/mol. The summed E-state index contributed by atoms with van der Waals surface area (Å²) in [4.78, 5) is 42.7. The molecule has 0 saturated heterocycles. The Bertz CT molecular complexity index is 1090. The summed E-state index contributed by atoms with van der Waals surface area (Å²) in [5, 5.41) is 0. The van der Waals surface area contributed by atoms with Crippen molar-refractivity contribution in [2.75, 3.05) is 7.05 Å². The molecule has 2 aromatic heterocycles. The predicted octanol–water partition coefficient (Wildman–Crippen LogP) is 0.855. The summed E-state index contributed by atoms with van der Waals surface area (Å²) in [6.45, 7) is 0.423. The lowest BCUT2D eigenvalue weighted by molar-refractivity contribution is -0.131. The van der Waals surface area contributed by atoms with Crippen LogP contribution in [0.25, 0.3) is 11.2 Å². The van der Waals surface area contributed by atoms with Gasteiger partial charge in [0.05, 0.1) is 6.33 Å². The van der Waals surface area contributed by atoms with E-state index in [0.29, 0.717) is 6.54 Å². The van der Waals surface area contributed by atoms with Crippen molar-refractivity contribution in [3.63, 3.8) is 0 Å². The highest BCUT2D eigenvalue weighted by Crippen LogP contribution is 2.12. The number of benzene rings is 1. The van der Waals surface area contributed by atoms with E-state index in [0.717, 1.165) is 14.6 Å². The van der Waals surface area contributed by atoms with Gasteiger partial charge in [-0.3, -0.25) is 18.7 Å². The summed E-state index contributed by atoms with van der Waals surface area (Å²) < 4.78 is 4.76. The Hall–Kier alpha value is -2.68. The van der Waals surface area contributed by atoms with Gasteiger partial charge in [0.2, 0.25) is 5.91 Å². The number of rotatable bonds is 4. The number of carbonyl (C=O) groups excluding carboxylic acids is 1. The molecule has 26 heavy (non-hydrogen) atoms. The van der Waals surface area contributed by atoms with Crippen molar-refractivity contribution in [2.24, 2.45) is 14.1 Å². The average molecular weight is 420 g/mol. The number of aromatic nitrogens is 4. The Morgan fingerprint density at radius 3 is 2.46 bits per heavy atom. The molecule has 8 nitrogen and oxygen atoms in total. The van der Waals surface area contributed by atoms with Crippen molar-refractivity contribution in [1.82, 2.24) is 23.6 Å². The maximum Gasteiger partial charge on any atom is 0.332 e. The molecule has 0 aliphatic carbocycles. The Morgan fingerprint density at radius 2 is 1.81 bits per heavy atom. The highest BCUT2D eigenvalue weighted by atomic mass is 79.9. The number of carbonyl (C=O) groups is 1. The van der Waals surface area contributed by atoms with Crippen molar-refractivity contribution < 1.29 is 4.79 Å². The van der Waals surface area contributed by atoms with Gasteiger partial charge in [0.15, 0.2) is 11.2 Å². The van der Waals surface area contributed by atoms with Gasteiger partial charge >= 0.3 is 5.69 Å². The number of hydrogen-bond donors (Lipinski definition) is 0. The number of hydrogen-bond acceptors (Lipinski definition) is 4. The second kappa shape index (κ2) is 6.91. The molecule has 136 valence electrons. The molecule has 0 N–H and O–H groups in total. The quantitative estimate of drug-likeness (QED) is 0.627. The number of amides is 1. The Balaban J connectivity index is 1.86. The van der Waals surface area contributed by atoms with Crippen molar-refractivity contribution in [1.29, 1.82) is 0 Å². The van der Waals surface area contributed by atoms with Gasteiger partial charge in [-0.25, -0.2) is 9.78 Å². The van der Waals surface area contributed by atoms with Crippen molar-refractivity contribution in [3.8, 4) is 0 Å². The molecule has 9 heteroatoms. The second-order valence-electron chi connectivity index (χ2n) is 6.13. The minimum atomic E-state index is -0.469. The van der Waals surface area contributed by atoms with Gasteiger partial charge in [-0.2, -0.15) is 0 Å². The molecule has 1 aromatic carbocycles. The molecule has 0 atom stereocenters. The summed E-state index contributed by atoms with van der Waals surface area (Å²) in [5.74, 6) is -0.164. The van der Waals surface area contributed by atoms with Gasteiger partial charge in [-0.15, -0.1) is 0 Å². The summed E-state index contributed by atoms with van der Waals surface area (Å²) in [6, 6.07) is 7.71. The number of imidazole rings is 1. The van der Waals surface area contributed by atoms with Crippen molar-refractivity contribution in [2.45, 2.75) is 13.1 Å². The van der Waals surface area contributed by atoms with Crippen LogP contribution in [0.15, 0.2) is 44.7 Å². The largest absolute Gasteiger partial charge is 0.340 e. The molecule has 0 aliphatic rings. The topological polar surface area (TPSA) is 82.1 Å². The summed E-state index contributed by atoms with van der Waals surface area (Å²) in [6.07, 6.45) is 1.41. The molecule has 0 spiro atoms. The fourth-order valence-electron chi connectivity index (χ4n) is 2.74. The highest BCUT2D eigenvalue weighted by Gasteiger charge is 2.17. The average Bonchev–Trinajstić information content (AvgIpc) is 3.03. The molecular formula is C17H18BrN5O3. The molecule has 0 unspecified atom stereocenters. The van der Waals surface area contributed by atoms with E-state index in [4.69, 9.17) is 0 Å². The molecule has 3 rings (SSSR count). The molecular weight excluding hydrogens is 402 g/mol. The van der Waals surface area contributed by atoms with E-state index in [2.05, 4.69) is 20.9 Å². The van der Waals surface area contributed by atoms with Crippen LogP contribution in [0.3, 0.4) is 0 Å². The van der Waals surface area contributed by atoms with Crippen molar-refractivity contribution in [3.05, 3.63) is 61.5 Å². The molecule has 0 aliphatic heterocycles. The Kier molecular flexibility index (Phi) is 4.82. The van der Waals surface area contributed by atoms with E-state index in [-0.39, 0.29) is 23.6 Å². The molecule has 0 fully saturated rings. The van der Waals surface area contributed by atoms with Crippen LogP contribution in [-0.4, -0.2) is 36.5 Å². The van der Waals surface area contributed by atoms with Crippen LogP contribution >= 0.6 is 15.9 Å². The molecule has 0 saturated carbocycles. The second-order valence-corrected chi connectivity index (χ2v) is 7.04. The fourth-order valence-corrected chi connectivity index (χ4v) is 3.00. The van der Waals surface area contributed by atoms with E-state index >= 15 is 0 Å². The zero-order valence-electron chi connectivity index (χ0n) is 14.6. The lowest BCUT2D eigenvalue weighted by Gasteiger charge is -2.18. The van der Waals surface area contributed by atoms with Crippen LogP contribution in [0.1, 0.15) is 5.56 Å². The van der Waals surface area contributed by atoms with Crippen LogP contribution in [0, 0.1) is 0 Å². The van der Waals surface area contributed by atoms with Gasteiger partial charge < -0.3 is 9.47 Å². The first-order valence-electron chi connectivity index (χ1n) is 7.89. The third-order valence-electron chi connectivity index (χ3n) is 4.28. The van der Waals surface area contributed by atoms with Crippen LogP contribution in [0.5, 0.6) is 0 Å². The lowest BCUT2D eigenvalue weighted by Crippen LogP contribution is -2.38. The van der Waals surface area contributed by atoms with Crippen LogP contribution in [0.4, 0.5) is 0 Å². The number of likely N-dealkylation sites (N-methyl/N-ethyl adjacent to an activating group) is 1. The van der Waals surface area contributed by atoms with Crippen LogP contribution < -0.4 is 11.2 Å². The third kappa shape index (κ3) is 3.22. The molecule has 0 bridgehead atoms. The van der Waals surface area contributed by atoms with E-state index in [9.17, 15) is 14.4 Å². The minimum absolute atomic E-state index is 0.0308. The van der Waals surface area contributed by atoms with Gasteiger partial charge in [0.1, 0.15) is 6.54 Å². The number of aryl methyl sites for hydroxylation is 1. The third-order valence-corrected chi connectivity index (χ3v) is 4.81. The summed E-state index contributed by atoms with van der Waals surface area (Å²) in [5.41, 5.74) is 0.578. The molecule has 2 heterocycles. The van der Waals surface area contributed by atoms with Gasteiger partial charge in [0, 0.05) is 32.2 Å². The van der Waals surface area contributed by atoms with E-state index in [1.54, 1.807) is 19.0 Å². The number of halogens is 1. The minimum Gasteiger partial charge on any atom is -0.340 e. The van der Waals surface area contributed by atoms with E-state index in [1.807, 2.05) is 24.3 Å². The maximum absolute atomic E-state index is 12.6. The zero-order valence-corrected chi connectivity index (χ0v) is 16.2.